The number of carbonyl (C=O) groups excluding carboxylic acids is 1. The molecule has 1 aliphatic rings. The molecule has 0 aromatic carbocycles. The second-order valence-corrected chi connectivity index (χ2v) is 5.76. The highest BCUT2D eigenvalue weighted by Crippen LogP contribution is 2.33. The summed E-state index contributed by atoms with van der Waals surface area (Å²) in [7, 11) is 0. The molecule has 5 heteroatoms. The van der Waals surface area contributed by atoms with Crippen molar-refractivity contribution in [2.45, 2.75) is 19.3 Å². The number of nitrogens with zero attached hydrogens (tertiary/aromatic N) is 1. The van der Waals surface area contributed by atoms with Crippen LogP contribution in [-0.4, -0.2) is 17.4 Å². The molecule has 0 bridgehead atoms. The van der Waals surface area contributed by atoms with Gasteiger partial charge in [0.15, 0.2) is 0 Å². The maximum absolute atomic E-state index is 12.0. The van der Waals surface area contributed by atoms with Crippen LogP contribution < -0.4 is 11.1 Å². The monoisotopic (exact) mass is 261 g/mol. The number of hydrogen-bond donors (Lipinski definition) is 2. The van der Waals surface area contributed by atoms with Crippen molar-refractivity contribution in [1.29, 1.82) is 0 Å². The van der Waals surface area contributed by atoms with Crippen molar-refractivity contribution >= 4 is 33.0 Å². The highest BCUT2D eigenvalue weighted by Gasteiger charge is 2.21. The second-order valence-electron chi connectivity index (χ2n) is 4.70. The summed E-state index contributed by atoms with van der Waals surface area (Å²) in [6.07, 6.45) is 7.15. The maximum atomic E-state index is 12.0. The quantitative estimate of drug-likeness (QED) is 0.888. The van der Waals surface area contributed by atoms with Gasteiger partial charge < -0.3 is 11.1 Å². The van der Waals surface area contributed by atoms with Gasteiger partial charge in [-0.15, -0.1) is 11.3 Å². The van der Waals surface area contributed by atoms with E-state index >= 15 is 0 Å². The lowest BCUT2D eigenvalue weighted by atomic mass is 10.2. The van der Waals surface area contributed by atoms with Gasteiger partial charge in [0.1, 0.15) is 4.88 Å². The van der Waals surface area contributed by atoms with Gasteiger partial charge in [0.2, 0.25) is 0 Å². The molecular formula is C13H15N3OS. The Morgan fingerprint density at radius 1 is 1.56 bits per heavy atom. The Labute approximate surface area is 109 Å². The van der Waals surface area contributed by atoms with Crippen molar-refractivity contribution in [1.82, 2.24) is 10.3 Å². The molecule has 94 valence electrons. The Kier molecular flexibility index (Phi) is 2.91. The predicted octanol–water partition coefficient (Wildman–Crippen LogP) is 2.41. The summed E-state index contributed by atoms with van der Waals surface area (Å²) >= 11 is 1.41. The van der Waals surface area contributed by atoms with E-state index in [1.165, 1.54) is 24.2 Å². The number of fused-ring (bicyclic) bond motifs is 1. The van der Waals surface area contributed by atoms with Crippen molar-refractivity contribution in [2.75, 3.05) is 12.3 Å². The lowest BCUT2D eigenvalue weighted by Crippen LogP contribution is -2.24. The predicted molar refractivity (Wildman–Crippen MR) is 73.7 cm³/mol. The number of nitrogen functional groups attached to an aromatic ring is 1. The number of thiophene rings is 1. The summed E-state index contributed by atoms with van der Waals surface area (Å²) in [5, 5.41) is 3.86. The lowest BCUT2D eigenvalue weighted by Gasteiger charge is -2.03. The highest BCUT2D eigenvalue weighted by molar-refractivity contribution is 7.21. The molecule has 0 radical (unpaired) electrons. The van der Waals surface area contributed by atoms with Gasteiger partial charge >= 0.3 is 0 Å². The van der Waals surface area contributed by atoms with E-state index in [4.69, 9.17) is 5.73 Å². The van der Waals surface area contributed by atoms with E-state index in [-0.39, 0.29) is 5.91 Å². The van der Waals surface area contributed by atoms with Crippen molar-refractivity contribution in [3.63, 3.8) is 0 Å². The van der Waals surface area contributed by atoms with Crippen molar-refractivity contribution < 1.29 is 4.79 Å². The first-order chi connectivity index (χ1) is 8.75. The number of aromatic nitrogens is 1. The normalized spacial score (nSPS) is 14.9. The molecule has 2 aromatic rings. The Morgan fingerprint density at radius 2 is 2.39 bits per heavy atom. The molecule has 4 nitrogen and oxygen atoms in total. The minimum absolute atomic E-state index is 0.0608. The molecule has 3 rings (SSSR count). The number of anilines is 1. The summed E-state index contributed by atoms with van der Waals surface area (Å²) < 4.78 is 0.961. The Bertz CT molecular complexity index is 589. The zero-order chi connectivity index (χ0) is 12.5. The zero-order valence-electron chi connectivity index (χ0n) is 9.98. The standard InChI is InChI=1S/C13H15N3OS/c14-11-9-4-5-15-7-10(9)18-12(11)13(17)16-6-3-8-1-2-8/h4-5,7-8H,1-3,6,14H2,(H,16,17). The maximum Gasteiger partial charge on any atom is 0.263 e. The second kappa shape index (κ2) is 4.57. The number of nitrogens with two attached hydrogens (primary N) is 1. The van der Waals surface area contributed by atoms with Crippen LogP contribution in [0.4, 0.5) is 5.69 Å². The van der Waals surface area contributed by atoms with Crippen LogP contribution in [0.1, 0.15) is 28.9 Å². The van der Waals surface area contributed by atoms with Gasteiger partial charge in [-0.25, -0.2) is 0 Å². The van der Waals surface area contributed by atoms with Gasteiger partial charge in [0.05, 0.1) is 10.4 Å². The first kappa shape index (κ1) is 11.5. The van der Waals surface area contributed by atoms with E-state index in [1.807, 2.05) is 6.07 Å². The number of rotatable bonds is 4. The molecule has 1 fully saturated rings. The molecule has 2 aromatic heterocycles. The SMILES string of the molecule is Nc1c(C(=O)NCCC2CC2)sc2cnccc12. The van der Waals surface area contributed by atoms with E-state index in [9.17, 15) is 4.79 Å². The Morgan fingerprint density at radius 3 is 3.11 bits per heavy atom. The van der Waals surface area contributed by atoms with E-state index in [0.717, 1.165) is 29.0 Å². The molecule has 1 saturated carbocycles. The third kappa shape index (κ3) is 2.18. The lowest BCUT2D eigenvalue weighted by molar-refractivity contribution is 0.0957. The van der Waals surface area contributed by atoms with E-state index < -0.39 is 0 Å². The first-order valence-electron chi connectivity index (χ1n) is 6.16. The molecule has 0 spiro atoms. The minimum Gasteiger partial charge on any atom is -0.397 e. The summed E-state index contributed by atoms with van der Waals surface area (Å²) in [6.45, 7) is 0.745. The molecule has 0 saturated heterocycles. The topological polar surface area (TPSA) is 68.0 Å². The average Bonchev–Trinajstić information content (AvgIpc) is 3.14. The molecule has 1 amide bonds. The molecule has 3 N–H and O–H groups in total. The fraction of sp³-hybridized carbons (Fsp3) is 0.385. The summed E-state index contributed by atoms with van der Waals surface area (Å²) in [5.74, 6) is 0.767. The van der Waals surface area contributed by atoms with Crippen molar-refractivity contribution in [3.8, 4) is 0 Å². The van der Waals surface area contributed by atoms with Crippen LogP contribution in [0.15, 0.2) is 18.5 Å². The highest BCUT2D eigenvalue weighted by atomic mass is 32.1. The van der Waals surface area contributed by atoms with Crippen LogP contribution in [0.2, 0.25) is 0 Å². The number of nitrogens with one attached hydrogen (secondary N) is 1. The first-order valence-corrected chi connectivity index (χ1v) is 6.97. The fourth-order valence-corrected chi connectivity index (χ4v) is 3.02. The fourth-order valence-electron chi connectivity index (χ4n) is 2.02. The van der Waals surface area contributed by atoms with Crippen LogP contribution >= 0.6 is 11.3 Å². The van der Waals surface area contributed by atoms with E-state index in [1.54, 1.807) is 12.4 Å². The van der Waals surface area contributed by atoms with Crippen LogP contribution in [0, 0.1) is 5.92 Å². The minimum atomic E-state index is -0.0608. The van der Waals surface area contributed by atoms with E-state index in [2.05, 4.69) is 10.3 Å². The van der Waals surface area contributed by atoms with E-state index in [0.29, 0.717) is 10.6 Å². The number of carbonyl (C=O) groups is 1. The molecule has 0 atom stereocenters. The zero-order valence-corrected chi connectivity index (χ0v) is 10.8. The van der Waals surface area contributed by atoms with Gasteiger partial charge in [0.25, 0.3) is 5.91 Å². The average molecular weight is 261 g/mol. The molecule has 18 heavy (non-hydrogen) atoms. The summed E-state index contributed by atoms with van der Waals surface area (Å²) in [5.41, 5.74) is 6.58. The summed E-state index contributed by atoms with van der Waals surface area (Å²) in [6, 6.07) is 1.85. The van der Waals surface area contributed by atoms with Gasteiger partial charge in [0, 0.05) is 24.3 Å². The molecule has 0 aliphatic heterocycles. The smallest absolute Gasteiger partial charge is 0.263 e. The third-order valence-corrected chi connectivity index (χ3v) is 4.43. The van der Waals surface area contributed by atoms with Crippen LogP contribution in [0.25, 0.3) is 10.1 Å². The Hall–Kier alpha value is -1.62. The Balaban J connectivity index is 1.75. The van der Waals surface area contributed by atoms with Gasteiger partial charge in [-0.1, -0.05) is 12.8 Å². The number of amides is 1. The molecule has 2 heterocycles. The molecular weight excluding hydrogens is 246 g/mol. The van der Waals surface area contributed by atoms with Gasteiger partial charge in [-0.05, 0) is 18.4 Å². The summed E-state index contributed by atoms with van der Waals surface area (Å²) in [4.78, 5) is 16.7. The van der Waals surface area contributed by atoms with Crippen LogP contribution in [0.5, 0.6) is 0 Å². The third-order valence-electron chi connectivity index (χ3n) is 3.27. The van der Waals surface area contributed by atoms with Crippen molar-refractivity contribution in [2.24, 2.45) is 5.92 Å². The van der Waals surface area contributed by atoms with Gasteiger partial charge in [-0.2, -0.15) is 0 Å². The number of hydrogen-bond acceptors (Lipinski definition) is 4. The molecule has 1 aliphatic carbocycles. The molecule has 0 unspecified atom stereocenters. The van der Waals surface area contributed by atoms with Crippen LogP contribution in [0.3, 0.4) is 0 Å². The van der Waals surface area contributed by atoms with Crippen molar-refractivity contribution in [3.05, 3.63) is 23.3 Å². The van der Waals surface area contributed by atoms with Crippen LogP contribution in [-0.2, 0) is 0 Å². The number of pyridine rings is 1. The largest absolute Gasteiger partial charge is 0.397 e. The van der Waals surface area contributed by atoms with Gasteiger partial charge in [-0.3, -0.25) is 9.78 Å².